The molecular weight excluding hydrogens is 342 g/mol. The van der Waals surface area contributed by atoms with E-state index in [-0.39, 0.29) is 28.3 Å². The van der Waals surface area contributed by atoms with Gasteiger partial charge in [0.25, 0.3) is 0 Å². The van der Waals surface area contributed by atoms with Gasteiger partial charge in [0.05, 0.1) is 0 Å². The second-order valence-electron chi connectivity index (χ2n) is 7.78. The standard InChI is InChI=1S/C17H33P.Pd/c1-16(2,3)18(17(4,5)6)14-10-13-15-11-8-7-9-12-15;/h10,13,15H,7-9,11-12,14H2,1-6H3;. The number of hydrogen-bond acceptors (Lipinski definition) is 0. The Balaban J connectivity index is 0.00000324. The first kappa shape index (κ1) is 19.8. The van der Waals surface area contributed by atoms with Gasteiger partial charge in [-0.25, -0.2) is 0 Å². The summed E-state index contributed by atoms with van der Waals surface area (Å²) in [5, 5.41) is 0.926. The minimum atomic E-state index is 0. The summed E-state index contributed by atoms with van der Waals surface area (Å²) in [6.45, 7) is 14.5. The molecule has 0 aliphatic heterocycles. The summed E-state index contributed by atoms with van der Waals surface area (Å²) >= 11 is 0. The molecule has 0 N–H and O–H groups in total. The molecule has 0 saturated heterocycles. The van der Waals surface area contributed by atoms with Gasteiger partial charge in [0.2, 0.25) is 0 Å². The van der Waals surface area contributed by atoms with Gasteiger partial charge in [-0.05, 0) is 35.2 Å². The first-order valence-electron chi connectivity index (χ1n) is 7.65. The Labute approximate surface area is 136 Å². The predicted octanol–water partition coefficient (Wildman–Crippen LogP) is 6.20. The van der Waals surface area contributed by atoms with Crippen LogP contribution in [0.15, 0.2) is 12.2 Å². The molecule has 1 rings (SSSR count). The van der Waals surface area contributed by atoms with E-state index >= 15 is 0 Å². The van der Waals surface area contributed by atoms with Crippen LogP contribution < -0.4 is 0 Å². The van der Waals surface area contributed by atoms with Crippen LogP contribution in [0, 0.1) is 5.92 Å². The Morgan fingerprint density at radius 1 is 0.895 bits per heavy atom. The smallest absolute Gasteiger partial charge is 0 e. The van der Waals surface area contributed by atoms with Crippen LogP contribution in [0.1, 0.15) is 73.6 Å². The fourth-order valence-corrected chi connectivity index (χ4v) is 6.68. The van der Waals surface area contributed by atoms with Gasteiger partial charge < -0.3 is 0 Å². The molecule has 0 aromatic heterocycles. The molecule has 0 heterocycles. The van der Waals surface area contributed by atoms with E-state index in [0.717, 1.165) is 5.92 Å². The van der Waals surface area contributed by atoms with Crippen LogP contribution in [0.5, 0.6) is 0 Å². The van der Waals surface area contributed by atoms with Crippen molar-refractivity contribution >= 4 is 7.92 Å². The van der Waals surface area contributed by atoms with E-state index in [1.165, 1.54) is 38.3 Å². The summed E-state index contributed by atoms with van der Waals surface area (Å²) in [5.41, 5.74) is 0. The van der Waals surface area contributed by atoms with Crippen molar-refractivity contribution in [2.45, 2.75) is 84.0 Å². The van der Waals surface area contributed by atoms with Crippen molar-refractivity contribution in [3.63, 3.8) is 0 Å². The third-order valence-corrected chi connectivity index (χ3v) is 7.78. The molecule has 2 heteroatoms. The second-order valence-corrected chi connectivity index (χ2v) is 11.7. The molecule has 1 saturated carbocycles. The van der Waals surface area contributed by atoms with E-state index in [1.807, 2.05) is 0 Å². The van der Waals surface area contributed by atoms with Gasteiger partial charge in [0.1, 0.15) is 0 Å². The zero-order chi connectivity index (χ0) is 13.8. The zero-order valence-corrected chi connectivity index (χ0v) is 16.2. The first-order chi connectivity index (χ1) is 8.21. The molecule has 0 radical (unpaired) electrons. The van der Waals surface area contributed by atoms with E-state index in [4.69, 9.17) is 0 Å². The van der Waals surface area contributed by atoms with Crippen LogP contribution in [0.25, 0.3) is 0 Å². The van der Waals surface area contributed by atoms with Crippen molar-refractivity contribution in [3.8, 4) is 0 Å². The molecule has 0 nitrogen and oxygen atoms in total. The summed E-state index contributed by atoms with van der Waals surface area (Å²) < 4.78 is 0. The van der Waals surface area contributed by atoms with Crippen molar-refractivity contribution in [1.29, 1.82) is 0 Å². The van der Waals surface area contributed by atoms with E-state index in [1.54, 1.807) is 0 Å². The topological polar surface area (TPSA) is 0 Å². The quantitative estimate of drug-likeness (QED) is 0.313. The van der Waals surface area contributed by atoms with Crippen molar-refractivity contribution in [1.82, 2.24) is 0 Å². The van der Waals surface area contributed by atoms with Gasteiger partial charge in [-0.2, -0.15) is 0 Å². The molecule has 0 spiro atoms. The summed E-state index contributed by atoms with van der Waals surface area (Å²) in [6.07, 6.45) is 13.6. The second kappa shape index (κ2) is 8.32. The van der Waals surface area contributed by atoms with Gasteiger partial charge >= 0.3 is 0 Å². The molecule has 0 aromatic carbocycles. The van der Waals surface area contributed by atoms with Crippen molar-refractivity contribution in [2.75, 3.05) is 6.16 Å². The minimum Gasteiger partial charge on any atom is -0.0918 e. The monoisotopic (exact) mass is 374 g/mol. The van der Waals surface area contributed by atoms with Crippen LogP contribution in [0.4, 0.5) is 0 Å². The third-order valence-electron chi connectivity index (χ3n) is 3.97. The Morgan fingerprint density at radius 3 is 1.79 bits per heavy atom. The maximum absolute atomic E-state index is 2.53. The predicted molar refractivity (Wildman–Crippen MR) is 87.0 cm³/mol. The third kappa shape index (κ3) is 7.41. The molecule has 1 aliphatic carbocycles. The Kier molecular flexibility index (Phi) is 8.68. The fraction of sp³-hybridized carbons (Fsp3) is 0.882. The average Bonchev–Trinajstić information content (AvgIpc) is 2.22. The molecule has 19 heavy (non-hydrogen) atoms. The van der Waals surface area contributed by atoms with E-state index in [2.05, 4.69) is 53.7 Å². The molecule has 0 atom stereocenters. The Morgan fingerprint density at radius 2 is 1.37 bits per heavy atom. The van der Waals surface area contributed by atoms with Gasteiger partial charge in [0.15, 0.2) is 0 Å². The largest absolute Gasteiger partial charge is 0.0918 e. The first-order valence-corrected chi connectivity index (χ1v) is 9.18. The van der Waals surface area contributed by atoms with Crippen molar-refractivity contribution < 1.29 is 20.4 Å². The van der Waals surface area contributed by atoms with E-state index < -0.39 is 0 Å². The maximum Gasteiger partial charge on any atom is 0 e. The normalized spacial score (nSPS) is 18.9. The summed E-state index contributed by atoms with van der Waals surface area (Å²) in [5.74, 6) is 0.885. The van der Waals surface area contributed by atoms with Crippen LogP contribution in [-0.4, -0.2) is 16.5 Å². The minimum absolute atomic E-state index is 0. The number of rotatable bonds is 3. The summed E-state index contributed by atoms with van der Waals surface area (Å²) in [6, 6.07) is 0. The van der Waals surface area contributed by atoms with Crippen LogP contribution in [0.3, 0.4) is 0 Å². The maximum atomic E-state index is 2.53. The Bertz CT molecular complexity index is 250. The van der Waals surface area contributed by atoms with Gasteiger partial charge in [-0.1, -0.05) is 80.9 Å². The molecule has 0 unspecified atom stereocenters. The van der Waals surface area contributed by atoms with E-state index in [9.17, 15) is 0 Å². The van der Waals surface area contributed by atoms with Gasteiger partial charge in [-0.15, -0.1) is 0 Å². The number of allylic oxidation sites excluding steroid dienone is 2. The molecule has 0 bridgehead atoms. The van der Waals surface area contributed by atoms with Crippen molar-refractivity contribution in [3.05, 3.63) is 12.2 Å². The Hall–Kier alpha value is 0.832. The van der Waals surface area contributed by atoms with E-state index in [0.29, 0.717) is 10.3 Å². The molecule has 0 aromatic rings. The van der Waals surface area contributed by atoms with Crippen molar-refractivity contribution in [2.24, 2.45) is 5.92 Å². The molecule has 1 fully saturated rings. The average molecular weight is 375 g/mol. The van der Waals surface area contributed by atoms with Crippen LogP contribution in [0.2, 0.25) is 0 Å². The van der Waals surface area contributed by atoms with Crippen LogP contribution >= 0.6 is 7.92 Å². The molecule has 116 valence electrons. The molecule has 0 amide bonds. The fourth-order valence-electron chi connectivity index (χ4n) is 3.24. The molecule has 1 aliphatic rings. The van der Waals surface area contributed by atoms with Crippen LogP contribution in [-0.2, 0) is 20.4 Å². The van der Waals surface area contributed by atoms with Gasteiger partial charge in [0, 0.05) is 20.4 Å². The summed E-state index contributed by atoms with van der Waals surface area (Å²) in [4.78, 5) is 0. The van der Waals surface area contributed by atoms with Gasteiger partial charge in [-0.3, -0.25) is 0 Å². The SMILES string of the molecule is CC(C)(C)P(CC=CC1CCCCC1)C(C)(C)C.[Pd]. The zero-order valence-electron chi connectivity index (χ0n) is 13.7. The number of hydrogen-bond donors (Lipinski definition) is 0. The molecular formula is C17H33PPd. The summed E-state index contributed by atoms with van der Waals surface area (Å²) in [7, 11) is 0.0435.